The van der Waals surface area contributed by atoms with Crippen LogP contribution in [-0.2, 0) is 33.2 Å². The molecule has 0 aromatic carbocycles. The molecule has 3 aliphatic rings. The molecule has 0 saturated carbocycles. The fourth-order valence-corrected chi connectivity index (χ4v) is 12.0. The van der Waals surface area contributed by atoms with Gasteiger partial charge < -0.3 is 89.9 Å². The Morgan fingerprint density at radius 2 is 0.745 bits per heavy atom. The van der Waals surface area contributed by atoms with E-state index in [4.69, 9.17) is 28.4 Å². The van der Waals surface area contributed by atoms with Crippen molar-refractivity contribution in [1.82, 2.24) is 5.32 Å². The molecule has 0 bridgehead atoms. The van der Waals surface area contributed by atoms with Crippen molar-refractivity contribution in [2.24, 2.45) is 0 Å². The summed E-state index contributed by atoms with van der Waals surface area (Å²) in [5.41, 5.74) is 0. The van der Waals surface area contributed by atoms with Crippen molar-refractivity contribution < 1.29 is 89.4 Å². The predicted octanol–water partition coefficient (Wildman–Crippen LogP) is 10.7. The van der Waals surface area contributed by atoms with Gasteiger partial charge in [0.15, 0.2) is 18.9 Å². The molecule has 94 heavy (non-hydrogen) atoms. The van der Waals surface area contributed by atoms with Crippen molar-refractivity contribution >= 4 is 5.91 Å². The summed E-state index contributed by atoms with van der Waals surface area (Å²) in [7, 11) is 0. The van der Waals surface area contributed by atoms with Gasteiger partial charge in [0.25, 0.3) is 0 Å². The zero-order chi connectivity index (χ0) is 68.2. The Balaban J connectivity index is 1.39. The number of allylic oxidation sites excluding steroid dienone is 13. The third kappa shape index (κ3) is 36.7. The lowest BCUT2D eigenvalue weighted by Gasteiger charge is -2.48. The van der Waals surface area contributed by atoms with E-state index in [9.17, 15) is 61.0 Å². The molecule has 17 atom stereocenters. The van der Waals surface area contributed by atoms with Gasteiger partial charge in [-0.05, 0) is 83.5 Å². The second kappa shape index (κ2) is 55.8. The van der Waals surface area contributed by atoms with Gasteiger partial charge in [0.05, 0.1) is 38.6 Å². The molecule has 12 N–H and O–H groups in total. The third-order valence-corrected chi connectivity index (χ3v) is 17.9. The van der Waals surface area contributed by atoms with Gasteiger partial charge in [-0.25, -0.2) is 0 Å². The number of rotatable bonds is 56. The topological polar surface area (TPSA) is 307 Å². The van der Waals surface area contributed by atoms with Crippen molar-refractivity contribution in [3.8, 4) is 0 Å². The number of ether oxygens (including phenoxy) is 6. The van der Waals surface area contributed by atoms with E-state index in [0.29, 0.717) is 12.8 Å². The molecule has 19 heteroatoms. The van der Waals surface area contributed by atoms with Gasteiger partial charge in [0.1, 0.15) is 73.2 Å². The van der Waals surface area contributed by atoms with Gasteiger partial charge in [-0.15, -0.1) is 0 Å². The summed E-state index contributed by atoms with van der Waals surface area (Å²) in [6, 6.07) is -1.000. The van der Waals surface area contributed by atoms with E-state index in [2.05, 4.69) is 92.1 Å². The number of aliphatic hydroxyl groups excluding tert-OH is 11. The summed E-state index contributed by atoms with van der Waals surface area (Å²) in [4.78, 5) is 13.4. The van der Waals surface area contributed by atoms with Gasteiger partial charge in [0.2, 0.25) is 5.91 Å². The maximum atomic E-state index is 13.4. The fraction of sp³-hybridized carbons (Fsp3) is 0.800. The lowest BCUT2D eigenvalue weighted by molar-refractivity contribution is -0.379. The molecule has 0 radical (unpaired) electrons. The minimum absolute atomic E-state index is 0.230. The molecule has 3 saturated heterocycles. The number of nitrogens with one attached hydrogen (secondary N) is 1. The number of aliphatic hydroxyl groups is 11. The second-order valence-electron chi connectivity index (χ2n) is 26.0. The SMILES string of the molecule is CC/C=C\C/C=C\C/C=C\C/C=C\CCCCCCCCCCCCCCCCCCCCC(=O)NC(COC1OC(CO)C(OC2OC(CO)C(OC3OC(CO)C(O)C(O)C3O)C(O)C2O)C(O)C1O)C(O)/C=C/CC/C=C/CC/C=C/CCCCCCCCCC. The maximum absolute atomic E-state index is 13.4. The van der Waals surface area contributed by atoms with Gasteiger partial charge in [-0.3, -0.25) is 4.79 Å². The van der Waals surface area contributed by atoms with Crippen molar-refractivity contribution in [3.63, 3.8) is 0 Å². The van der Waals surface area contributed by atoms with E-state index in [1.807, 2.05) is 6.08 Å². The number of carbonyl (C=O) groups is 1. The summed E-state index contributed by atoms with van der Waals surface area (Å²) in [6.45, 7) is 1.60. The summed E-state index contributed by atoms with van der Waals surface area (Å²) < 4.78 is 34.3. The number of carbonyl (C=O) groups excluding carboxylic acids is 1. The van der Waals surface area contributed by atoms with Crippen LogP contribution in [0.3, 0.4) is 0 Å². The largest absolute Gasteiger partial charge is 0.394 e. The highest BCUT2D eigenvalue weighted by Crippen LogP contribution is 2.33. The van der Waals surface area contributed by atoms with Crippen molar-refractivity contribution in [2.75, 3.05) is 26.4 Å². The first-order chi connectivity index (χ1) is 45.8. The van der Waals surface area contributed by atoms with Crippen LogP contribution in [0, 0.1) is 0 Å². The average molecular weight is 1330 g/mol. The van der Waals surface area contributed by atoms with Crippen LogP contribution in [0.2, 0.25) is 0 Å². The number of hydrogen-bond acceptors (Lipinski definition) is 18. The first-order valence-corrected chi connectivity index (χ1v) is 36.8. The molecule has 1 amide bonds. The number of hydrogen-bond donors (Lipinski definition) is 12. The Morgan fingerprint density at radius 1 is 0.394 bits per heavy atom. The van der Waals surface area contributed by atoms with E-state index in [0.717, 1.165) is 70.6 Å². The zero-order valence-corrected chi connectivity index (χ0v) is 57.7. The smallest absolute Gasteiger partial charge is 0.220 e. The average Bonchev–Trinajstić information content (AvgIpc) is 0.787. The fourth-order valence-electron chi connectivity index (χ4n) is 12.0. The van der Waals surface area contributed by atoms with Crippen LogP contribution in [-0.4, -0.2) is 193 Å². The van der Waals surface area contributed by atoms with Crippen molar-refractivity contribution in [3.05, 3.63) is 85.1 Å². The Morgan fingerprint density at radius 3 is 1.19 bits per heavy atom. The first-order valence-electron chi connectivity index (χ1n) is 36.8. The lowest BCUT2D eigenvalue weighted by Crippen LogP contribution is -2.66. The van der Waals surface area contributed by atoms with Crippen LogP contribution in [0.15, 0.2) is 85.1 Å². The number of unbranched alkanes of at least 4 members (excludes halogenated alkanes) is 28. The molecule has 0 aliphatic carbocycles. The molecule has 3 aliphatic heterocycles. The highest BCUT2D eigenvalue weighted by Gasteiger charge is 2.53. The summed E-state index contributed by atoms with van der Waals surface area (Å²) in [6.07, 6.45) is 45.7. The third-order valence-electron chi connectivity index (χ3n) is 17.9. The highest BCUT2D eigenvalue weighted by atomic mass is 16.8. The predicted molar refractivity (Wildman–Crippen MR) is 369 cm³/mol. The Labute approximate surface area is 565 Å². The quantitative estimate of drug-likeness (QED) is 0.0199. The Hall–Kier alpha value is -3.03. The minimum Gasteiger partial charge on any atom is -0.394 e. The van der Waals surface area contributed by atoms with Gasteiger partial charge in [-0.1, -0.05) is 247 Å². The highest BCUT2D eigenvalue weighted by molar-refractivity contribution is 5.76. The molecule has 544 valence electrons. The standard InChI is InChI=1S/C75H131NO18/c1-3-5-7-9-11-13-15-17-19-21-23-24-25-26-27-28-29-30-31-32-33-34-35-37-39-41-43-45-47-49-51-53-63(81)76-58(59(80)52-50-48-46-44-42-40-38-36-22-20-18-16-14-12-10-8-6-4-2)57-89-73-69(87)66(84)71(61(55-78)91-73)94-75-70(88)67(85)72(62(56-79)92-75)93-74-68(86)65(83)64(82)60(54-77)90-74/h5,7,11,13,17,19,22-24,36,42,44,50,52,58-62,64-75,77-80,82-88H,3-4,6,8-10,12,14-16,18,20-21,25-35,37-41,43,45-49,51,53-57H2,1-2H3,(H,76,81)/b7-5-,13-11-,19-17-,24-23-,36-22+,44-42+,52-50+. The zero-order valence-electron chi connectivity index (χ0n) is 57.7. The summed E-state index contributed by atoms with van der Waals surface area (Å²) in [5, 5.41) is 121. The summed E-state index contributed by atoms with van der Waals surface area (Å²) >= 11 is 0. The molecular formula is C75H131NO18. The van der Waals surface area contributed by atoms with Gasteiger partial charge in [0, 0.05) is 6.42 Å². The monoisotopic (exact) mass is 1330 g/mol. The van der Waals surface area contributed by atoms with E-state index in [1.165, 1.54) is 148 Å². The van der Waals surface area contributed by atoms with Crippen LogP contribution in [0.5, 0.6) is 0 Å². The normalized spacial score (nSPS) is 27.9. The van der Waals surface area contributed by atoms with Crippen LogP contribution in [0.1, 0.15) is 251 Å². The van der Waals surface area contributed by atoms with Crippen LogP contribution >= 0.6 is 0 Å². The molecule has 3 rings (SSSR count). The lowest BCUT2D eigenvalue weighted by atomic mass is 9.96. The first kappa shape index (κ1) is 85.2. The molecular weight excluding hydrogens is 1200 g/mol. The molecule has 19 nitrogen and oxygen atoms in total. The Bertz CT molecular complexity index is 2030. The van der Waals surface area contributed by atoms with Gasteiger partial charge >= 0.3 is 0 Å². The number of amides is 1. The van der Waals surface area contributed by atoms with E-state index in [-0.39, 0.29) is 18.9 Å². The maximum Gasteiger partial charge on any atom is 0.220 e. The van der Waals surface area contributed by atoms with Crippen molar-refractivity contribution in [2.45, 2.75) is 356 Å². The molecule has 3 fully saturated rings. The van der Waals surface area contributed by atoms with Gasteiger partial charge in [-0.2, -0.15) is 0 Å². The minimum atomic E-state index is -1.98. The molecule has 0 aromatic heterocycles. The van der Waals surface area contributed by atoms with E-state index < -0.39 is 124 Å². The van der Waals surface area contributed by atoms with Crippen LogP contribution < -0.4 is 5.32 Å². The van der Waals surface area contributed by atoms with Crippen LogP contribution in [0.25, 0.3) is 0 Å². The molecule has 17 unspecified atom stereocenters. The molecule has 0 spiro atoms. The Kier molecular flexibility index (Phi) is 50.6. The van der Waals surface area contributed by atoms with E-state index in [1.54, 1.807) is 6.08 Å². The van der Waals surface area contributed by atoms with Crippen LogP contribution in [0.4, 0.5) is 0 Å². The molecule has 3 heterocycles. The van der Waals surface area contributed by atoms with Crippen molar-refractivity contribution in [1.29, 1.82) is 0 Å². The second-order valence-corrected chi connectivity index (χ2v) is 26.0. The molecule has 0 aromatic rings. The summed E-state index contributed by atoms with van der Waals surface area (Å²) in [5.74, 6) is -0.290. The van der Waals surface area contributed by atoms with E-state index >= 15 is 0 Å².